The number of amides is 1. The molecule has 1 aromatic heterocycles. The number of hydrogen-bond acceptors (Lipinski definition) is 7. The van der Waals surface area contributed by atoms with E-state index < -0.39 is 24.1 Å². The number of carbonyl (C=O) groups excluding carboxylic acids is 2. The van der Waals surface area contributed by atoms with Crippen LogP contribution in [0.1, 0.15) is 25.3 Å². The van der Waals surface area contributed by atoms with Gasteiger partial charge in [-0.2, -0.15) is 4.98 Å². The molecule has 4 rings (SSSR count). The summed E-state index contributed by atoms with van der Waals surface area (Å²) in [6.45, 7) is 1.62. The van der Waals surface area contributed by atoms with Crippen LogP contribution in [-0.4, -0.2) is 28.1 Å². The highest BCUT2D eigenvalue weighted by Crippen LogP contribution is 2.30. The van der Waals surface area contributed by atoms with E-state index in [-0.39, 0.29) is 12.3 Å². The predicted molar refractivity (Wildman–Crippen MR) is 98.3 cm³/mol. The second-order valence-corrected chi connectivity index (χ2v) is 6.25. The molecule has 0 aliphatic carbocycles. The average Bonchev–Trinajstić information content (AvgIpc) is 3.20. The number of benzene rings is 2. The summed E-state index contributed by atoms with van der Waals surface area (Å²) in [4.78, 5) is 28.6. The maximum Gasteiger partial charge on any atom is 0.310 e. The fourth-order valence-corrected chi connectivity index (χ4v) is 2.78. The van der Waals surface area contributed by atoms with Crippen molar-refractivity contribution in [2.75, 3.05) is 5.32 Å². The minimum absolute atomic E-state index is 0.173. The minimum atomic E-state index is -0.961. The molecule has 0 bridgehead atoms. The number of ether oxygens (including phenoxy) is 2. The van der Waals surface area contributed by atoms with Crippen molar-refractivity contribution < 1.29 is 23.6 Å². The van der Waals surface area contributed by atoms with Gasteiger partial charge < -0.3 is 19.3 Å². The van der Waals surface area contributed by atoms with Crippen molar-refractivity contribution in [2.45, 2.75) is 25.6 Å². The van der Waals surface area contributed by atoms with Crippen LogP contribution in [0.25, 0.3) is 11.4 Å². The molecular weight excluding hydrogens is 362 g/mol. The number of aromatic nitrogens is 2. The van der Waals surface area contributed by atoms with Crippen molar-refractivity contribution in [2.24, 2.45) is 0 Å². The fourth-order valence-electron chi connectivity index (χ4n) is 2.78. The Balaban J connectivity index is 1.38. The van der Waals surface area contributed by atoms with Gasteiger partial charge in [0.05, 0.1) is 12.1 Å². The summed E-state index contributed by atoms with van der Waals surface area (Å²) >= 11 is 0. The van der Waals surface area contributed by atoms with Crippen LogP contribution in [0.5, 0.6) is 5.75 Å². The summed E-state index contributed by atoms with van der Waals surface area (Å²) in [5.41, 5.74) is 1.37. The SMILES string of the molecule is C[C@@H](OC(=O)C[C@@H]1Oc2ccccc2NC1=O)c1nc(-c2ccccc2)no1. The van der Waals surface area contributed by atoms with Gasteiger partial charge >= 0.3 is 5.97 Å². The largest absolute Gasteiger partial charge is 0.478 e. The monoisotopic (exact) mass is 379 g/mol. The van der Waals surface area contributed by atoms with Gasteiger partial charge in [0.25, 0.3) is 11.8 Å². The van der Waals surface area contributed by atoms with Crippen LogP contribution in [0.15, 0.2) is 59.1 Å². The fraction of sp³-hybridized carbons (Fsp3) is 0.200. The topological polar surface area (TPSA) is 104 Å². The third-order valence-corrected chi connectivity index (χ3v) is 4.19. The first kappa shape index (κ1) is 17.7. The smallest absolute Gasteiger partial charge is 0.310 e. The first-order valence-electron chi connectivity index (χ1n) is 8.75. The van der Waals surface area contributed by atoms with E-state index in [0.29, 0.717) is 17.3 Å². The van der Waals surface area contributed by atoms with Crippen LogP contribution < -0.4 is 10.1 Å². The summed E-state index contributed by atoms with van der Waals surface area (Å²) in [6, 6.07) is 16.3. The van der Waals surface area contributed by atoms with E-state index in [9.17, 15) is 9.59 Å². The van der Waals surface area contributed by atoms with Crippen LogP contribution in [0.4, 0.5) is 5.69 Å². The van der Waals surface area contributed by atoms with E-state index in [1.165, 1.54) is 0 Å². The predicted octanol–water partition coefficient (Wildman–Crippen LogP) is 3.13. The molecule has 8 nitrogen and oxygen atoms in total. The molecule has 0 saturated carbocycles. The van der Waals surface area contributed by atoms with Gasteiger partial charge in [0.15, 0.2) is 12.2 Å². The highest BCUT2D eigenvalue weighted by Gasteiger charge is 2.31. The van der Waals surface area contributed by atoms with Crippen molar-refractivity contribution in [1.82, 2.24) is 10.1 Å². The number of anilines is 1. The third kappa shape index (κ3) is 3.71. The van der Waals surface area contributed by atoms with Crippen molar-refractivity contribution in [1.29, 1.82) is 0 Å². The number of hydrogen-bond donors (Lipinski definition) is 1. The van der Waals surface area contributed by atoms with Gasteiger partial charge in [-0.25, -0.2) is 0 Å². The Hall–Kier alpha value is -3.68. The zero-order chi connectivity index (χ0) is 19.5. The van der Waals surface area contributed by atoms with E-state index in [1.807, 2.05) is 30.3 Å². The van der Waals surface area contributed by atoms with Crippen LogP contribution in [-0.2, 0) is 14.3 Å². The van der Waals surface area contributed by atoms with E-state index in [2.05, 4.69) is 15.5 Å². The molecule has 1 aliphatic heterocycles. The van der Waals surface area contributed by atoms with Crippen molar-refractivity contribution in [3.8, 4) is 17.1 Å². The van der Waals surface area contributed by atoms with E-state index in [4.69, 9.17) is 14.0 Å². The molecule has 0 unspecified atom stereocenters. The molecule has 8 heteroatoms. The molecular formula is C20H17N3O5. The second-order valence-electron chi connectivity index (χ2n) is 6.25. The maximum atomic E-state index is 12.3. The van der Waals surface area contributed by atoms with Gasteiger partial charge in [0.2, 0.25) is 5.82 Å². The second kappa shape index (κ2) is 7.51. The molecule has 2 atom stereocenters. The number of rotatable bonds is 5. The van der Waals surface area contributed by atoms with Crippen molar-refractivity contribution in [3.63, 3.8) is 0 Å². The molecule has 1 amide bonds. The molecule has 3 aromatic rings. The third-order valence-electron chi connectivity index (χ3n) is 4.19. The van der Waals surface area contributed by atoms with E-state index >= 15 is 0 Å². The van der Waals surface area contributed by atoms with Gasteiger partial charge in [-0.3, -0.25) is 9.59 Å². The van der Waals surface area contributed by atoms with Gasteiger partial charge in [0.1, 0.15) is 5.75 Å². The summed E-state index contributed by atoms with van der Waals surface area (Å²) in [7, 11) is 0. The van der Waals surface area contributed by atoms with Gasteiger partial charge in [0, 0.05) is 5.56 Å². The lowest BCUT2D eigenvalue weighted by molar-refractivity contribution is -0.153. The van der Waals surface area contributed by atoms with Crippen molar-refractivity contribution >= 4 is 17.6 Å². The van der Waals surface area contributed by atoms with Crippen LogP contribution in [0.2, 0.25) is 0 Å². The van der Waals surface area contributed by atoms with Gasteiger partial charge in [-0.15, -0.1) is 0 Å². The molecule has 2 aromatic carbocycles. The molecule has 1 aliphatic rings. The number of nitrogens with zero attached hydrogens (tertiary/aromatic N) is 2. The zero-order valence-electron chi connectivity index (χ0n) is 15.0. The highest BCUT2D eigenvalue weighted by molar-refractivity contribution is 5.99. The number of nitrogens with one attached hydrogen (secondary N) is 1. The normalized spacial score (nSPS) is 16.5. The highest BCUT2D eigenvalue weighted by atomic mass is 16.6. The molecule has 0 spiro atoms. The molecule has 2 heterocycles. The zero-order valence-corrected chi connectivity index (χ0v) is 15.0. The summed E-state index contributed by atoms with van der Waals surface area (Å²) in [6.07, 6.45) is -1.95. The minimum Gasteiger partial charge on any atom is -0.478 e. The van der Waals surface area contributed by atoms with Crippen LogP contribution in [0.3, 0.4) is 0 Å². The number of fused-ring (bicyclic) bond motifs is 1. The van der Waals surface area contributed by atoms with Crippen molar-refractivity contribution in [3.05, 3.63) is 60.5 Å². The van der Waals surface area contributed by atoms with Crippen LogP contribution in [0, 0.1) is 0 Å². The van der Waals surface area contributed by atoms with E-state index in [1.54, 1.807) is 31.2 Å². The molecule has 0 saturated heterocycles. The summed E-state index contributed by atoms with van der Waals surface area (Å²) in [5.74, 6) is 0.0907. The average molecular weight is 379 g/mol. The molecule has 0 fully saturated rings. The summed E-state index contributed by atoms with van der Waals surface area (Å²) < 4.78 is 16.1. The molecule has 28 heavy (non-hydrogen) atoms. The first-order valence-corrected chi connectivity index (χ1v) is 8.75. The Kier molecular flexibility index (Phi) is 4.76. The van der Waals surface area contributed by atoms with E-state index in [0.717, 1.165) is 5.56 Å². The molecule has 0 radical (unpaired) electrons. The number of para-hydroxylation sites is 2. The lowest BCUT2D eigenvalue weighted by Crippen LogP contribution is -2.38. The van der Waals surface area contributed by atoms with Crippen LogP contribution >= 0.6 is 0 Å². The lowest BCUT2D eigenvalue weighted by Gasteiger charge is -2.25. The molecule has 1 N–H and O–H groups in total. The molecule has 142 valence electrons. The Bertz CT molecular complexity index is 1000. The summed E-state index contributed by atoms with van der Waals surface area (Å²) in [5, 5.41) is 6.61. The standard InChI is InChI=1S/C20H17N3O5/c1-12(20-22-18(23-28-20)13-7-3-2-4-8-13)26-17(24)11-16-19(25)21-14-9-5-6-10-15(14)27-16/h2-10,12,16H,11H2,1H3,(H,21,25)/t12-,16+/m1/s1. The maximum absolute atomic E-state index is 12.3. The number of carbonyl (C=O) groups is 2. The number of esters is 1. The quantitative estimate of drug-likeness (QED) is 0.679. The Labute approximate surface area is 160 Å². The first-order chi connectivity index (χ1) is 13.6. The van der Waals surface area contributed by atoms with Gasteiger partial charge in [-0.1, -0.05) is 47.6 Å². The Morgan fingerprint density at radius 3 is 2.75 bits per heavy atom. The Morgan fingerprint density at radius 2 is 1.93 bits per heavy atom. The Morgan fingerprint density at radius 1 is 1.18 bits per heavy atom. The van der Waals surface area contributed by atoms with Gasteiger partial charge in [-0.05, 0) is 19.1 Å². The lowest BCUT2D eigenvalue weighted by atomic mass is 10.1.